The molecule has 0 aliphatic carbocycles. The molecule has 102 valence electrons. The van der Waals surface area contributed by atoms with Gasteiger partial charge in [0.15, 0.2) is 0 Å². The Hall–Kier alpha value is -1.29. The van der Waals surface area contributed by atoms with Crippen LogP contribution >= 0.6 is 0 Å². The van der Waals surface area contributed by atoms with Crippen molar-refractivity contribution in [1.29, 1.82) is 0 Å². The minimum Gasteiger partial charge on any atom is -0.444 e. The molecule has 1 N–H and O–H groups in total. The first-order valence-corrected chi connectivity index (χ1v) is 6.13. The lowest BCUT2D eigenvalue weighted by Crippen LogP contribution is -2.63. The number of likely N-dealkylation sites (tertiary alicyclic amines) is 1. The largest absolute Gasteiger partial charge is 0.444 e. The molecule has 0 aromatic carbocycles. The molecular weight excluding hydrogens is 230 g/mol. The van der Waals surface area contributed by atoms with Crippen molar-refractivity contribution < 1.29 is 14.6 Å². The monoisotopic (exact) mass is 253 g/mol. The number of hydrogen-bond donors (Lipinski definition) is 1. The van der Waals surface area contributed by atoms with Crippen LogP contribution in [0.1, 0.15) is 27.2 Å². The molecule has 18 heavy (non-hydrogen) atoms. The van der Waals surface area contributed by atoms with Crippen molar-refractivity contribution in [2.75, 3.05) is 13.1 Å². The second-order valence-electron chi connectivity index (χ2n) is 5.87. The van der Waals surface area contributed by atoms with Gasteiger partial charge in [0.05, 0.1) is 6.10 Å². The second-order valence-corrected chi connectivity index (χ2v) is 5.87. The number of aliphatic hydroxyl groups excluding tert-OH is 1. The van der Waals surface area contributed by atoms with E-state index in [1.165, 1.54) is 6.08 Å². The average Bonchev–Trinajstić information content (AvgIpc) is 2.18. The first kappa shape index (κ1) is 14.8. The summed E-state index contributed by atoms with van der Waals surface area (Å²) in [7, 11) is 0. The van der Waals surface area contributed by atoms with E-state index < -0.39 is 11.7 Å². The van der Waals surface area contributed by atoms with Gasteiger partial charge in [-0.3, -0.25) is 0 Å². The van der Waals surface area contributed by atoms with Gasteiger partial charge in [0.25, 0.3) is 0 Å². The summed E-state index contributed by atoms with van der Waals surface area (Å²) in [6.45, 7) is 13.7. The molecule has 1 aliphatic rings. The molecule has 1 heterocycles. The number of aliphatic hydroxyl groups is 1. The molecule has 0 aromatic rings. The highest BCUT2D eigenvalue weighted by Gasteiger charge is 2.49. The molecule has 1 unspecified atom stereocenters. The number of allylic oxidation sites excluding steroid dienone is 1. The molecular formula is C14H23NO3. The van der Waals surface area contributed by atoms with Crippen molar-refractivity contribution in [3.63, 3.8) is 0 Å². The van der Waals surface area contributed by atoms with Crippen LogP contribution in [-0.2, 0) is 4.74 Å². The number of carbonyl (C=O) groups excluding carboxylic acids is 1. The smallest absolute Gasteiger partial charge is 0.410 e. The van der Waals surface area contributed by atoms with E-state index in [0.717, 1.165) is 0 Å². The highest BCUT2D eigenvalue weighted by molar-refractivity contribution is 5.69. The molecule has 1 fully saturated rings. The SMILES string of the molecule is C=CCC1(C(O)C=C)CN(C(=O)OC(C)(C)C)C1. The zero-order valence-corrected chi connectivity index (χ0v) is 11.5. The lowest BCUT2D eigenvalue weighted by Gasteiger charge is -2.51. The van der Waals surface area contributed by atoms with E-state index in [1.54, 1.807) is 11.0 Å². The fourth-order valence-corrected chi connectivity index (χ4v) is 2.14. The van der Waals surface area contributed by atoms with Crippen LogP contribution in [-0.4, -0.2) is 40.9 Å². The van der Waals surface area contributed by atoms with Gasteiger partial charge in [0.2, 0.25) is 0 Å². The molecule has 0 spiro atoms. The van der Waals surface area contributed by atoms with E-state index in [2.05, 4.69) is 13.2 Å². The van der Waals surface area contributed by atoms with Crippen molar-refractivity contribution in [2.24, 2.45) is 5.41 Å². The van der Waals surface area contributed by atoms with Crippen LogP contribution in [0.5, 0.6) is 0 Å². The molecule has 1 aliphatic heterocycles. The maximum absolute atomic E-state index is 11.8. The molecule has 4 heteroatoms. The predicted molar refractivity (Wildman–Crippen MR) is 71.3 cm³/mol. The molecule has 0 bridgehead atoms. The lowest BCUT2D eigenvalue weighted by molar-refractivity contribution is -0.0761. The Morgan fingerprint density at radius 2 is 2.06 bits per heavy atom. The van der Waals surface area contributed by atoms with E-state index in [-0.39, 0.29) is 11.5 Å². The van der Waals surface area contributed by atoms with Gasteiger partial charge in [-0.15, -0.1) is 13.2 Å². The third-order valence-corrected chi connectivity index (χ3v) is 3.06. The number of amides is 1. The zero-order chi connectivity index (χ0) is 14.0. The summed E-state index contributed by atoms with van der Waals surface area (Å²) in [5.74, 6) is 0. The van der Waals surface area contributed by atoms with Crippen LogP contribution in [0.25, 0.3) is 0 Å². The number of carbonyl (C=O) groups is 1. The van der Waals surface area contributed by atoms with Crippen LogP contribution < -0.4 is 0 Å². The Balaban J connectivity index is 2.61. The molecule has 4 nitrogen and oxygen atoms in total. The summed E-state index contributed by atoms with van der Waals surface area (Å²) in [6.07, 6.45) is 2.96. The van der Waals surface area contributed by atoms with Gasteiger partial charge < -0.3 is 14.7 Å². The Bertz CT molecular complexity index is 337. The summed E-state index contributed by atoms with van der Waals surface area (Å²) in [4.78, 5) is 13.4. The Morgan fingerprint density at radius 1 is 1.50 bits per heavy atom. The third-order valence-electron chi connectivity index (χ3n) is 3.06. The molecule has 1 rings (SSSR count). The Labute approximate surface area is 109 Å². The number of rotatable bonds is 4. The van der Waals surface area contributed by atoms with Gasteiger partial charge in [-0.1, -0.05) is 12.2 Å². The lowest BCUT2D eigenvalue weighted by atomic mass is 9.72. The summed E-state index contributed by atoms with van der Waals surface area (Å²) in [6, 6.07) is 0. The van der Waals surface area contributed by atoms with Gasteiger partial charge in [0.1, 0.15) is 5.60 Å². The van der Waals surface area contributed by atoms with Crippen molar-refractivity contribution in [3.8, 4) is 0 Å². The quantitative estimate of drug-likeness (QED) is 0.782. The van der Waals surface area contributed by atoms with Gasteiger partial charge >= 0.3 is 6.09 Å². The first-order chi connectivity index (χ1) is 8.24. The minimum atomic E-state index is -0.630. The van der Waals surface area contributed by atoms with Crippen LogP contribution in [0, 0.1) is 5.41 Å². The van der Waals surface area contributed by atoms with Gasteiger partial charge in [-0.2, -0.15) is 0 Å². The van der Waals surface area contributed by atoms with E-state index >= 15 is 0 Å². The molecule has 1 amide bonds. The third kappa shape index (κ3) is 3.13. The highest BCUT2D eigenvalue weighted by atomic mass is 16.6. The van der Waals surface area contributed by atoms with Crippen LogP contribution in [0.15, 0.2) is 25.3 Å². The zero-order valence-electron chi connectivity index (χ0n) is 11.5. The molecule has 0 aromatic heterocycles. The van der Waals surface area contributed by atoms with Gasteiger partial charge in [-0.25, -0.2) is 4.79 Å². The summed E-state index contributed by atoms with van der Waals surface area (Å²) in [5.41, 5.74) is -0.842. The summed E-state index contributed by atoms with van der Waals surface area (Å²) in [5, 5.41) is 9.95. The van der Waals surface area contributed by atoms with Crippen molar-refractivity contribution in [1.82, 2.24) is 4.90 Å². The van der Waals surface area contributed by atoms with Crippen molar-refractivity contribution >= 4 is 6.09 Å². The molecule has 0 saturated carbocycles. The maximum Gasteiger partial charge on any atom is 0.410 e. The maximum atomic E-state index is 11.8. The van der Waals surface area contributed by atoms with E-state index in [1.807, 2.05) is 20.8 Å². The van der Waals surface area contributed by atoms with Crippen LogP contribution in [0.4, 0.5) is 4.79 Å². The molecule has 0 radical (unpaired) electrons. The standard InChI is InChI=1S/C14H23NO3/c1-6-8-14(11(16)7-2)9-15(10-14)12(17)18-13(3,4)5/h6-7,11,16H,1-2,8-10H2,3-5H3. The Kier molecular flexibility index (Phi) is 4.22. The number of hydrogen-bond acceptors (Lipinski definition) is 3. The van der Waals surface area contributed by atoms with E-state index in [4.69, 9.17) is 4.74 Å². The fourth-order valence-electron chi connectivity index (χ4n) is 2.14. The minimum absolute atomic E-state index is 0.335. The van der Waals surface area contributed by atoms with Crippen molar-refractivity contribution in [3.05, 3.63) is 25.3 Å². The van der Waals surface area contributed by atoms with E-state index in [9.17, 15) is 9.90 Å². The Morgan fingerprint density at radius 3 is 2.44 bits per heavy atom. The average molecular weight is 253 g/mol. The normalized spacial score (nSPS) is 19.7. The first-order valence-electron chi connectivity index (χ1n) is 6.13. The van der Waals surface area contributed by atoms with Crippen molar-refractivity contribution in [2.45, 2.75) is 38.9 Å². The summed E-state index contributed by atoms with van der Waals surface area (Å²) >= 11 is 0. The topological polar surface area (TPSA) is 49.8 Å². The molecule has 1 saturated heterocycles. The van der Waals surface area contributed by atoms with Gasteiger partial charge in [-0.05, 0) is 27.2 Å². The van der Waals surface area contributed by atoms with Gasteiger partial charge in [0, 0.05) is 18.5 Å². The number of nitrogens with zero attached hydrogens (tertiary/aromatic N) is 1. The molecule has 1 atom stereocenters. The second kappa shape index (κ2) is 5.14. The van der Waals surface area contributed by atoms with Crippen LogP contribution in [0.3, 0.4) is 0 Å². The van der Waals surface area contributed by atoms with E-state index in [0.29, 0.717) is 19.5 Å². The number of ether oxygens (including phenoxy) is 1. The summed E-state index contributed by atoms with van der Waals surface area (Å²) < 4.78 is 5.28. The fraction of sp³-hybridized carbons (Fsp3) is 0.643. The van der Waals surface area contributed by atoms with Crippen LogP contribution in [0.2, 0.25) is 0 Å². The predicted octanol–water partition coefficient (Wildman–Crippen LogP) is 2.35. The highest BCUT2D eigenvalue weighted by Crippen LogP contribution is 2.39.